The maximum Gasteiger partial charge on any atom is 0.227 e. The molecule has 4 rings (SSSR count). The third kappa shape index (κ3) is 3.94. The molecular formula is C21H20F2N4O. The van der Waals surface area contributed by atoms with Crippen molar-refractivity contribution < 1.29 is 13.5 Å². The van der Waals surface area contributed by atoms with E-state index in [4.69, 9.17) is 4.74 Å². The van der Waals surface area contributed by atoms with Crippen LogP contribution in [0.4, 0.5) is 20.4 Å². The summed E-state index contributed by atoms with van der Waals surface area (Å²) >= 11 is 0. The van der Waals surface area contributed by atoms with Crippen LogP contribution in [0, 0.1) is 11.6 Å². The number of para-hydroxylation sites is 2. The Morgan fingerprint density at radius 3 is 2.86 bits per heavy atom. The summed E-state index contributed by atoms with van der Waals surface area (Å²) in [5, 5.41) is 3.19. The highest BCUT2D eigenvalue weighted by atomic mass is 19.1. The van der Waals surface area contributed by atoms with Gasteiger partial charge >= 0.3 is 0 Å². The van der Waals surface area contributed by atoms with Gasteiger partial charge in [0.2, 0.25) is 5.95 Å². The number of hydrogen-bond donors (Lipinski definition) is 1. The Hall–Kier alpha value is -3.06. The summed E-state index contributed by atoms with van der Waals surface area (Å²) in [4.78, 5) is 11.1. The summed E-state index contributed by atoms with van der Waals surface area (Å²) in [5.74, 6) is 0.157. The van der Waals surface area contributed by atoms with Crippen molar-refractivity contribution in [3.05, 3.63) is 77.1 Å². The number of nitrogens with zero attached hydrogens (tertiary/aromatic N) is 3. The highest BCUT2D eigenvalue weighted by Gasteiger charge is 2.20. The lowest BCUT2D eigenvalue weighted by Crippen LogP contribution is -2.31. The molecule has 0 fully saturated rings. The van der Waals surface area contributed by atoms with Gasteiger partial charge in [-0.1, -0.05) is 18.2 Å². The lowest BCUT2D eigenvalue weighted by Gasteiger charge is -2.28. The summed E-state index contributed by atoms with van der Waals surface area (Å²) in [7, 11) is 1.62. The normalized spacial score (nSPS) is 13.8. The van der Waals surface area contributed by atoms with Gasteiger partial charge in [0.05, 0.1) is 18.5 Å². The first kappa shape index (κ1) is 18.3. The molecule has 0 saturated carbocycles. The van der Waals surface area contributed by atoms with Crippen molar-refractivity contribution in [1.82, 2.24) is 14.9 Å². The minimum atomic E-state index is -0.561. The molecule has 1 N–H and O–H groups in total. The molecule has 0 amide bonds. The van der Waals surface area contributed by atoms with E-state index in [2.05, 4.69) is 20.2 Å². The number of fused-ring (bicyclic) bond motifs is 1. The van der Waals surface area contributed by atoms with E-state index in [1.165, 1.54) is 12.1 Å². The quantitative estimate of drug-likeness (QED) is 0.721. The number of aromatic nitrogens is 2. The number of anilines is 2. The molecule has 0 atom stereocenters. The number of nitrogens with one attached hydrogen (secondary N) is 1. The van der Waals surface area contributed by atoms with Crippen LogP contribution in [0.1, 0.15) is 16.8 Å². The minimum Gasteiger partial charge on any atom is -0.495 e. The zero-order chi connectivity index (χ0) is 19.5. The highest BCUT2D eigenvalue weighted by molar-refractivity contribution is 5.62. The summed E-state index contributed by atoms with van der Waals surface area (Å²) in [6, 6.07) is 11.3. The second kappa shape index (κ2) is 7.90. The van der Waals surface area contributed by atoms with Crippen molar-refractivity contribution in [2.75, 3.05) is 19.0 Å². The first-order valence-electron chi connectivity index (χ1n) is 9.03. The number of benzene rings is 2. The van der Waals surface area contributed by atoms with E-state index in [0.717, 1.165) is 41.7 Å². The molecule has 0 saturated heterocycles. The smallest absolute Gasteiger partial charge is 0.227 e. The van der Waals surface area contributed by atoms with Crippen molar-refractivity contribution in [3.8, 4) is 5.75 Å². The van der Waals surface area contributed by atoms with Crippen LogP contribution in [0.15, 0.2) is 48.7 Å². The van der Waals surface area contributed by atoms with E-state index in [-0.39, 0.29) is 0 Å². The van der Waals surface area contributed by atoms with E-state index in [1.807, 2.05) is 24.3 Å². The fourth-order valence-electron chi connectivity index (χ4n) is 3.33. The predicted octanol–water partition coefficient (Wildman–Crippen LogP) is 4.07. The van der Waals surface area contributed by atoms with Gasteiger partial charge in [-0.25, -0.2) is 18.7 Å². The molecule has 7 heteroatoms. The third-order valence-electron chi connectivity index (χ3n) is 4.78. The minimum absolute atomic E-state index is 0.423. The first-order chi connectivity index (χ1) is 13.6. The standard InChI is InChI=1S/C21H20F2N4O/c1-28-20-5-3-2-4-19(20)26-21-24-11-15-13-27(9-8-18(15)25-21)12-14-6-7-16(22)10-17(14)23/h2-7,10-11H,8-9,12-13H2,1H3,(H,24,25,26). The second-order valence-electron chi connectivity index (χ2n) is 6.69. The van der Waals surface area contributed by atoms with E-state index in [1.54, 1.807) is 13.3 Å². The molecule has 2 heterocycles. The van der Waals surface area contributed by atoms with E-state index < -0.39 is 11.6 Å². The van der Waals surface area contributed by atoms with Crippen LogP contribution in [-0.4, -0.2) is 28.5 Å². The van der Waals surface area contributed by atoms with Crippen LogP contribution < -0.4 is 10.1 Å². The topological polar surface area (TPSA) is 50.3 Å². The fourth-order valence-corrected chi connectivity index (χ4v) is 3.33. The largest absolute Gasteiger partial charge is 0.495 e. The van der Waals surface area contributed by atoms with Crippen LogP contribution in [-0.2, 0) is 19.5 Å². The van der Waals surface area contributed by atoms with Crippen molar-refractivity contribution in [2.24, 2.45) is 0 Å². The van der Waals surface area contributed by atoms with Crippen LogP contribution in [0.2, 0.25) is 0 Å². The number of methoxy groups -OCH3 is 1. The predicted molar refractivity (Wildman–Crippen MR) is 102 cm³/mol. The van der Waals surface area contributed by atoms with Gasteiger partial charge in [0.1, 0.15) is 17.4 Å². The van der Waals surface area contributed by atoms with Crippen molar-refractivity contribution in [2.45, 2.75) is 19.5 Å². The van der Waals surface area contributed by atoms with E-state index in [9.17, 15) is 8.78 Å². The molecule has 3 aromatic rings. The van der Waals surface area contributed by atoms with Gasteiger partial charge in [0.15, 0.2) is 0 Å². The monoisotopic (exact) mass is 382 g/mol. The number of ether oxygens (including phenoxy) is 1. The van der Waals surface area contributed by atoms with Crippen LogP contribution in [0.5, 0.6) is 5.75 Å². The van der Waals surface area contributed by atoms with Gasteiger partial charge in [0, 0.05) is 49.4 Å². The third-order valence-corrected chi connectivity index (χ3v) is 4.78. The Balaban J connectivity index is 1.47. The second-order valence-corrected chi connectivity index (χ2v) is 6.69. The molecule has 0 spiro atoms. The average Bonchev–Trinajstić information content (AvgIpc) is 2.70. The molecule has 0 radical (unpaired) electrons. The van der Waals surface area contributed by atoms with Crippen LogP contribution in [0.3, 0.4) is 0 Å². The maximum atomic E-state index is 13.9. The molecule has 144 valence electrons. The lowest BCUT2D eigenvalue weighted by atomic mass is 10.1. The zero-order valence-electron chi connectivity index (χ0n) is 15.5. The summed E-state index contributed by atoms with van der Waals surface area (Å²) in [6.45, 7) is 1.79. The van der Waals surface area contributed by atoms with E-state index >= 15 is 0 Å². The Labute approximate surface area is 162 Å². The van der Waals surface area contributed by atoms with Crippen molar-refractivity contribution >= 4 is 11.6 Å². The Morgan fingerprint density at radius 2 is 2.04 bits per heavy atom. The molecule has 2 aromatic carbocycles. The molecule has 28 heavy (non-hydrogen) atoms. The highest BCUT2D eigenvalue weighted by Crippen LogP contribution is 2.27. The van der Waals surface area contributed by atoms with Crippen molar-refractivity contribution in [3.63, 3.8) is 0 Å². The Bertz CT molecular complexity index is 996. The van der Waals surface area contributed by atoms with Gasteiger partial charge in [-0.05, 0) is 18.2 Å². The summed E-state index contributed by atoms with van der Waals surface area (Å²) in [6.07, 6.45) is 2.54. The van der Waals surface area contributed by atoms with Gasteiger partial charge in [-0.15, -0.1) is 0 Å². The molecule has 0 bridgehead atoms. The number of rotatable bonds is 5. The van der Waals surface area contributed by atoms with Gasteiger partial charge < -0.3 is 10.1 Å². The van der Waals surface area contributed by atoms with Crippen LogP contribution in [0.25, 0.3) is 0 Å². The van der Waals surface area contributed by atoms with Crippen LogP contribution >= 0.6 is 0 Å². The van der Waals surface area contributed by atoms with Gasteiger partial charge in [0.25, 0.3) is 0 Å². The Morgan fingerprint density at radius 1 is 1.18 bits per heavy atom. The van der Waals surface area contributed by atoms with Gasteiger partial charge in [-0.3, -0.25) is 4.90 Å². The van der Waals surface area contributed by atoms with E-state index in [0.29, 0.717) is 24.6 Å². The lowest BCUT2D eigenvalue weighted by molar-refractivity contribution is 0.239. The molecular weight excluding hydrogens is 362 g/mol. The molecule has 1 aromatic heterocycles. The molecule has 1 aliphatic heterocycles. The average molecular weight is 382 g/mol. The zero-order valence-corrected chi connectivity index (χ0v) is 15.5. The fraction of sp³-hybridized carbons (Fsp3) is 0.238. The van der Waals surface area contributed by atoms with Gasteiger partial charge in [-0.2, -0.15) is 0 Å². The SMILES string of the molecule is COc1ccccc1Nc1ncc2c(n1)CCN(Cc1ccc(F)cc1F)C2. The van der Waals surface area contributed by atoms with Crippen molar-refractivity contribution in [1.29, 1.82) is 0 Å². The number of halogens is 2. The summed E-state index contributed by atoms with van der Waals surface area (Å²) in [5.41, 5.74) is 3.27. The molecule has 5 nitrogen and oxygen atoms in total. The molecule has 1 aliphatic rings. The maximum absolute atomic E-state index is 13.9. The first-order valence-corrected chi connectivity index (χ1v) is 9.03. The molecule has 0 unspecified atom stereocenters. The number of hydrogen-bond acceptors (Lipinski definition) is 5. The summed E-state index contributed by atoms with van der Waals surface area (Å²) < 4.78 is 32.3. The Kier molecular flexibility index (Phi) is 5.16. The molecule has 0 aliphatic carbocycles.